The van der Waals surface area contributed by atoms with Crippen LogP contribution < -0.4 is 4.74 Å². The van der Waals surface area contributed by atoms with Crippen molar-refractivity contribution in [3.8, 4) is 11.8 Å². The summed E-state index contributed by atoms with van der Waals surface area (Å²) in [6.07, 6.45) is 1.78. The van der Waals surface area contributed by atoms with Crippen molar-refractivity contribution in [1.29, 1.82) is 5.26 Å². The molecule has 0 bridgehead atoms. The van der Waals surface area contributed by atoms with E-state index in [0.29, 0.717) is 17.9 Å². The molecule has 4 heteroatoms. The summed E-state index contributed by atoms with van der Waals surface area (Å²) in [5, 5.41) is 18.5. The Morgan fingerprint density at radius 1 is 1.40 bits per heavy atom. The highest BCUT2D eigenvalue weighted by Crippen LogP contribution is 2.27. The zero-order valence-electron chi connectivity index (χ0n) is 12.3. The van der Waals surface area contributed by atoms with Crippen LogP contribution in [0.4, 0.5) is 4.39 Å². The van der Waals surface area contributed by atoms with Crippen LogP contribution in [0.1, 0.15) is 51.7 Å². The largest absolute Gasteiger partial charge is 0.493 e. The highest BCUT2D eigenvalue weighted by molar-refractivity contribution is 5.35. The van der Waals surface area contributed by atoms with Crippen LogP contribution in [-0.2, 0) is 0 Å². The first-order valence-electron chi connectivity index (χ1n) is 6.87. The quantitative estimate of drug-likeness (QED) is 0.768. The molecular formula is C16H22FNO2. The van der Waals surface area contributed by atoms with E-state index in [1.165, 1.54) is 18.2 Å². The Labute approximate surface area is 120 Å². The van der Waals surface area contributed by atoms with Crippen molar-refractivity contribution in [2.45, 2.75) is 46.1 Å². The number of nitrogens with zero attached hydrogens (tertiary/aromatic N) is 1. The molecule has 0 amide bonds. The van der Waals surface area contributed by atoms with Crippen molar-refractivity contribution in [2.24, 2.45) is 5.41 Å². The van der Waals surface area contributed by atoms with E-state index in [2.05, 4.69) is 6.07 Å². The molecule has 1 atom stereocenters. The van der Waals surface area contributed by atoms with Crippen molar-refractivity contribution in [2.75, 3.05) is 6.61 Å². The normalized spacial score (nSPS) is 12.8. The average molecular weight is 279 g/mol. The number of ether oxygens (including phenoxy) is 1. The number of nitriles is 1. The molecule has 0 saturated heterocycles. The fourth-order valence-electron chi connectivity index (χ4n) is 1.89. The molecule has 1 rings (SSSR count). The summed E-state index contributed by atoms with van der Waals surface area (Å²) in [7, 11) is 0. The third kappa shape index (κ3) is 5.18. The molecule has 1 aromatic rings. The second kappa shape index (κ2) is 7.25. The zero-order chi connectivity index (χ0) is 15.2. The van der Waals surface area contributed by atoms with Gasteiger partial charge in [0, 0.05) is 11.6 Å². The fraction of sp³-hybridized carbons (Fsp3) is 0.562. The molecule has 0 aliphatic heterocycles. The van der Waals surface area contributed by atoms with Gasteiger partial charge in [-0.3, -0.25) is 0 Å². The van der Waals surface area contributed by atoms with Crippen LogP contribution in [0.3, 0.4) is 0 Å². The maximum Gasteiger partial charge on any atom is 0.127 e. The Hall–Kier alpha value is -1.60. The van der Waals surface area contributed by atoms with Crippen LogP contribution in [-0.4, -0.2) is 11.7 Å². The highest BCUT2D eigenvalue weighted by Gasteiger charge is 2.15. The lowest BCUT2D eigenvalue weighted by atomic mass is 9.89. The number of aliphatic hydroxyl groups excluding tert-OH is 1. The summed E-state index contributed by atoms with van der Waals surface area (Å²) in [5.41, 5.74) is 0.271. The van der Waals surface area contributed by atoms with Gasteiger partial charge in [-0.15, -0.1) is 0 Å². The lowest BCUT2D eigenvalue weighted by molar-refractivity contribution is 0.190. The van der Waals surface area contributed by atoms with Gasteiger partial charge in [-0.25, -0.2) is 4.39 Å². The Kier molecular flexibility index (Phi) is 5.97. The predicted octanol–water partition coefficient (Wildman–Crippen LogP) is 3.98. The van der Waals surface area contributed by atoms with Gasteiger partial charge in [-0.1, -0.05) is 0 Å². The first-order chi connectivity index (χ1) is 9.35. The van der Waals surface area contributed by atoms with Gasteiger partial charge in [0.25, 0.3) is 0 Å². The molecule has 0 fully saturated rings. The van der Waals surface area contributed by atoms with E-state index in [4.69, 9.17) is 10.00 Å². The molecule has 20 heavy (non-hydrogen) atoms. The van der Waals surface area contributed by atoms with Gasteiger partial charge in [-0.2, -0.15) is 5.26 Å². The lowest BCUT2D eigenvalue weighted by Crippen LogP contribution is -2.09. The molecule has 0 saturated carbocycles. The first-order valence-corrected chi connectivity index (χ1v) is 6.87. The molecule has 1 aromatic carbocycles. The van der Waals surface area contributed by atoms with Crippen LogP contribution >= 0.6 is 0 Å². The van der Waals surface area contributed by atoms with Gasteiger partial charge in [0.15, 0.2) is 0 Å². The van der Waals surface area contributed by atoms with E-state index >= 15 is 0 Å². The highest BCUT2D eigenvalue weighted by atomic mass is 19.1. The summed E-state index contributed by atoms with van der Waals surface area (Å²) < 4.78 is 18.7. The number of benzene rings is 1. The molecule has 110 valence electrons. The van der Waals surface area contributed by atoms with E-state index < -0.39 is 6.10 Å². The molecular weight excluding hydrogens is 257 g/mol. The smallest absolute Gasteiger partial charge is 0.127 e. The van der Waals surface area contributed by atoms with Gasteiger partial charge >= 0.3 is 0 Å². The van der Waals surface area contributed by atoms with Crippen LogP contribution in [0.2, 0.25) is 0 Å². The summed E-state index contributed by atoms with van der Waals surface area (Å²) in [6, 6.07) is 6.40. The Balaban J connectivity index is 2.46. The first kappa shape index (κ1) is 16.5. The maximum atomic E-state index is 13.2. The van der Waals surface area contributed by atoms with E-state index in [1.807, 2.05) is 13.8 Å². The molecule has 0 heterocycles. The molecule has 0 aliphatic carbocycles. The summed E-state index contributed by atoms with van der Waals surface area (Å²) >= 11 is 0. The SMILES string of the molecule is CC(O)c1ccc(F)cc1OCCCCC(C)(C)C#N. The number of hydrogen-bond donors (Lipinski definition) is 1. The van der Waals surface area contributed by atoms with Crippen LogP contribution in [0.25, 0.3) is 0 Å². The van der Waals surface area contributed by atoms with Gasteiger partial charge in [-0.05, 0) is 52.2 Å². The minimum absolute atomic E-state index is 0.316. The zero-order valence-corrected chi connectivity index (χ0v) is 12.3. The van der Waals surface area contributed by atoms with Gasteiger partial charge < -0.3 is 9.84 Å². The van der Waals surface area contributed by atoms with Crippen LogP contribution in [0, 0.1) is 22.6 Å². The predicted molar refractivity (Wildman–Crippen MR) is 75.8 cm³/mol. The minimum Gasteiger partial charge on any atom is -0.493 e. The minimum atomic E-state index is -0.692. The maximum absolute atomic E-state index is 13.2. The molecule has 3 nitrogen and oxygen atoms in total. The van der Waals surface area contributed by atoms with Gasteiger partial charge in [0.1, 0.15) is 11.6 Å². The van der Waals surface area contributed by atoms with Crippen molar-refractivity contribution >= 4 is 0 Å². The summed E-state index contributed by atoms with van der Waals surface area (Å²) in [4.78, 5) is 0. The van der Waals surface area contributed by atoms with Gasteiger partial charge in [0.05, 0.1) is 24.2 Å². The van der Waals surface area contributed by atoms with Crippen LogP contribution in [0.15, 0.2) is 18.2 Å². The molecule has 0 aliphatic rings. The van der Waals surface area contributed by atoms with E-state index in [-0.39, 0.29) is 11.2 Å². The second-order valence-corrected chi connectivity index (χ2v) is 5.66. The number of unbranched alkanes of at least 4 members (excludes halogenated alkanes) is 1. The van der Waals surface area contributed by atoms with E-state index in [9.17, 15) is 9.50 Å². The topological polar surface area (TPSA) is 53.2 Å². The summed E-state index contributed by atoms with van der Waals surface area (Å²) in [5.74, 6) is 0.00885. The van der Waals surface area contributed by atoms with Gasteiger partial charge in [0.2, 0.25) is 0 Å². The van der Waals surface area contributed by atoms with E-state index in [0.717, 1.165) is 19.3 Å². The Morgan fingerprint density at radius 2 is 2.10 bits per heavy atom. The van der Waals surface area contributed by atoms with Crippen molar-refractivity contribution in [3.05, 3.63) is 29.6 Å². The monoisotopic (exact) mass is 279 g/mol. The number of hydrogen-bond acceptors (Lipinski definition) is 3. The Morgan fingerprint density at radius 3 is 2.70 bits per heavy atom. The third-order valence-electron chi connectivity index (χ3n) is 3.18. The Bertz CT molecular complexity index is 478. The molecule has 0 radical (unpaired) electrons. The number of halogens is 1. The lowest BCUT2D eigenvalue weighted by Gasteiger charge is -2.16. The molecule has 0 aromatic heterocycles. The fourth-order valence-corrected chi connectivity index (χ4v) is 1.89. The average Bonchev–Trinajstić information content (AvgIpc) is 2.38. The van der Waals surface area contributed by atoms with E-state index in [1.54, 1.807) is 6.92 Å². The third-order valence-corrected chi connectivity index (χ3v) is 3.18. The number of aliphatic hydroxyl groups is 1. The molecule has 1 N–H and O–H groups in total. The van der Waals surface area contributed by atoms with Crippen molar-refractivity contribution in [3.63, 3.8) is 0 Å². The molecule has 0 spiro atoms. The standard InChI is InChI=1S/C16H22FNO2/c1-12(19)14-7-6-13(17)10-15(14)20-9-5-4-8-16(2,3)11-18/h6-7,10,12,19H,4-5,8-9H2,1-3H3. The molecule has 1 unspecified atom stereocenters. The number of rotatable bonds is 7. The van der Waals surface area contributed by atoms with Crippen molar-refractivity contribution in [1.82, 2.24) is 0 Å². The second-order valence-electron chi connectivity index (χ2n) is 5.66. The van der Waals surface area contributed by atoms with Crippen LogP contribution in [0.5, 0.6) is 5.75 Å². The van der Waals surface area contributed by atoms with Crippen molar-refractivity contribution < 1.29 is 14.2 Å². The summed E-state index contributed by atoms with van der Waals surface area (Å²) in [6.45, 7) is 5.89.